The fraction of sp³-hybridized carbons (Fsp3) is 0.355. The molecule has 0 saturated heterocycles. The van der Waals surface area contributed by atoms with Gasteiger partial charge in [0.1, 0.15) is 58.0 Å². The summed E-state index contributed by atoms with van der Waals surface area (Å²) in [6.45, 7) is 10.2. The molecule has 0 aliphatic heterocycles. The number of ether oxygens (including phenoxy) is 6. The number of unbranched alkanes of at least 4 members (excludes halogenated alkanes) is 8. The number of rotatable bonds is 30. The number of hydrogen-bond acceptors (Lipinski definition) is 16. The monoisotopic (exact) mass is 1120 g/mol. The number of hydrogen-bond donors (Lipinski definition) is 2. The number of nitrogens with two attached hydrogens (primary N) is 2. The summed E-state index contributed by atoms with van der Waals surface area (Å²) in [4.78, 5) is 6.23. The maximum Gasteiger partial charge on any atom is 0.153 e. The molecule has 0 amide bonds. The quantitative estimate of drug-likeness (QED) is 0.0318. The highest BCUT2D eigenvalue weighted by Crippen LogP contribution is 2.55. The summed E-state index contributed by atoms with van der Waals surface area (Å²) < 4.78 is 36.3. The van der Waals surface area contributed by atoms with Crippen LogP contribution in [0.2, 0.25) is 0 Å². The molecule has 0 saturated carbocycles. The van der Waals surface area contributed by atoms with E-state index in [0.717, 1.165) is 102 Å². The molecule has 6 rings (SSSR count). The summed E-state index contributed by atoms with van der Waals surface area (Å²) >= 11 is 5.74. The Bertz CT molecular complexity index is 3070. The molecule has 0 aliphatic rings. The van der Waals surface area contributed by atoms with E-state index in [4.69, 9.17) is 39.9 Å². The molecule has 0 spiro atoms. The lowest BCUT2D eigenvalue weighted by atomic mass is 10.1. The third kappa shape index (κ3) is 17.3. The Balaban J connectivity index is 0.000000287. The van der Waals surface area contributed by atoms with Crippen molar-refractivity contribution in [3.05, 3.63) is 119 Å². The minimum Gasteiger partial charge on any atom is -0.497 e. The van der Waals surface area contributed by atoms with Gasteiger partial charge in [-0.2, -0.15) is 21.0 Å². The van der Waals surface area contributed by atoms with Crippen molar-refractivity contribution in [1.29, 1.82) is 21.0 Å². The fourth-order valence-corrected chi connectivity index (χ4v) is 12.3. The summed E-state index contributed by atoms with van der Waals surface area (Å²) in [6.07, 6.45) is 11.5. The summed E-state index contributed by atoms with van der Waals surface area (Å²) in [5, 5.41) is 41.1. The largest absolute Gasteiger partial charge is 0.497 e. The van der Waals surface area contributed by atoms with Crippen molar-refractivity contribution in [2.75, 3.05) is 52.1 Å². The van der Waals surface area contributed by atoms with Gasteiger partial charge in [0.05, 0.1) is 65.1 Å². The number of nitrogen functional groups attached to an aromatic ring is 2. The Kier molecular flexibility index (Phi) is 27.0. The van der Waals surface area contributed by atoms with E-state index >= 15 is 0 Å². The third-order valence-corrected chi connectivity index (χ3v) is 16.7. The zero-order valence-corrected chi connectivity index (χ0v) is 48.8. The Hall–Kier alpha value is -6.92. The fourth-order valence-electron chi connectivity index (χ4n) is 7.74. The van der Waals surface area contributed by atoms with Crippen molar-refractivity contribution in [1.82, 2.24) is 0 Å². The van der Waals surface area contributed by atoms with Crippen molar-refractivity contribution < 1.29 is 28.4 Å². The van der Waals surface area contributed by atoms with Crippen molar-refractivity contribution >= 4 is 58.4 Å². The predicted molar refractivity (Wildman–Crippen MR) is 316 cm³/mol. The van der Waals surface area contributed by atoms with Crippen molar-refractivity contribution in [3.63, 3.8) is 0 Å². The Morgan fingerprint density at radius 1 is 0.397 bits per heavy atom. The van der Waals surface area contributed by atoms with Gasteiger partial charge in [0.2, 0.25) is 0 Å². The summed E-state index contributed by atoms with van der Waals surface area (Å²) in [6, 6.07) is 39.6. The standard InChI is InChI=1S/2C31H35N3O3S2/c1-4-6-12-18-36-28-22(20-32)23(21-33)29(37-19-13-7-5-2)31(39-27-17-11-9-15-25(27)35-3)30(28)38-26-16-10-8-14-24(26)34;1-4-6-10-17-36-28-24(20-32)25(21-33)29(37-18-11-7-5-2)31(39-27-16-9-8-15-26(27)34)30(28)38-23-14-12-13-22(19-23)35-3/h8-11,14-17H,4-7,12-13,18-19,34H2,1-3H3;8-9,12-16,19H,4-7,10-11,17-18,34H2,1-3H3. The summed E-state index contributed by atoms with van der Waals surface area (Å²) in [7, 11) is 3.26. The van der Waals surface area contributed by atoms with Crippen LogP contribution in [0, 0.1) is 45.3 Å². The molecule has 0 bridgehead atoms. The van der Waals surface area contributed by atoms with Crippen LogP contribution in [0.25, 0.3) is 0 Å². The number of benzene rings is 6. The van der Waals surface area contributed by atoms with Crippen LogP contribution < -0.4 is 39.9 Å². The van der Waals surface area contributed by atoms with E-state index in [1.807, 2.05) is 97.1 Å². The van der Waals surface area contributed by atoms with Gasteiger partial charge in [0, 0.05) is 26.1 Å². The normalized spacial score (nSPS) is 10.5. The van der Waals surface area contributed by atoms with Gasteiger partial charge >= 0.3 is 0 Å². The van der Waals surface area contributed by atoms with Crippen LogP contribution in [0.3, 0.4) is 0 Å². The second-order valence-electron chi connectivity index (χ2n) is 17.6. The molecular weight excluding hydrogens is 1050 g/mol. The van der Waals surface area contributed by atoms with Crippen LogP contribution in [-0.4, -0.2) is 40.6 Å². The predicted octanol–water partition coefficient (Wildman–Crippen LogP) is 16.9. The van der Waals surface area contributed by atoms with Gasteiger partial charge in [0.25, 0.3) is 0 Å². The van der Waals surface area contributed by atoms with Crippen molar-refractivity contribution in [2.45, 2.75) is 144 Å². The smallest absolute Gasteiger partial charge is 0.153 e. The molecule has 6 aromatic rings. The Morgan fingerprint density at radius 2 is 0.744 bits per heavy atom. The van der Waals surface area contributed by atoms with E-state index in [0.29, 0.717) is 86.1 Å². The number of anilines is 2. The van der Waals surface area contributed by atoms with E-state index in [2.05, 4.69) is 52.0 Å². The van der Waals surface area contributed by atoms with E-state index in [1.165, 1.54) is 47.0 Å². The summed E-state index contributed by atoms with van der Waals surface area (Å²) in [5.41, 5.74) is 14.7. The summed E-state index contributed by atoms with van der Waals surface area (Å²) in [5.74, 6) is 2.98. The Labute approximate surface area is 479 Å². The van der Waals surface area contributed by atoms with Gasteiger partial charge < -0.3 is 39.9 Å². The molecule has 6 aromatic carbocycles. The van der Waals surface area contributed by atoms with E-state index in [9.17, 15) is 21.0 Å². The molecule has 4 N–H and O–H groups in total. The van der Waals surface area contributed by atoms with Gasteiger partial charge in [0.15, 0.2) is 23.0 Å². The van der Waals surface area contributed by atoms with Gasteiger partial charge in [-0.3, -0.25) is 0 Å². The molecular formula is C62H70N6O6S4. The molecule has 78 heavy (non-hydrogen) atoms. The lowest BCUT2D eigenvalue weighted by Crippen LogP contribution is -2.08. The third-order valence-electron chi connectivity index (χ3n) is 11.9. The number of methoxy groups -OCH3 is 2. The van der Waals surface area contributed by atoms with E-state index in [1.54, 1.807) is 14.2 Å². The first-order valence-corrected chi connectivity index (χ1v) is 29.7. The minimum absolute atomic E-state index is 0.181. The molecule has 0 aromatic heterocycles. The lowest BCUT2D eigenvalue weighted by Gasteiger charge is -2.22. The molecule has 12 nitrogen and oxygen atoms in total. The molecule has 408 valence electrons. The van der Waals surface area contributed by atoms with Crippen LogP contribution in [0.15, 0.2) is 136 Å². The number of nitrogens with zero attached hydrogens (tertiary/aromatic N) is 4. The van der Waals surface area contributed by atoms with Crippen LogP contribution in [0.1, 0.15) is 127 Å². The van der Waals surface area contributed by atoms with Crippen LogP contribution in [-0.2, 0) is 0 Å². The molecule has 0 fully saturated rings. The maximum atomic E-state index is 10.3. The molecule has 0 unspecified atom stereocenters. The van der Waals surface area contributed by atoms with Crippen LogP contribution in [0.4, 0.5) is 11.4 Å². The SMILES string of the molecule is CCCCCOc1c(C#N)c(C#N)c(OCCCCC)c(Sc2ccccc2N)c1Sc1cccc(OC)c1.CCCCCOc1c(C#N)c(C#N)c(OCCCCC)c(Sc2ccccc2OC)c1Sc1ccccc1N. The van der Waals surface area contributed by atoms with E-state index < -0.39 is 0 Å². The second-order valence-corrected chi connectivity index (χ2v) is 21.9. The van der Waals surface area contributed by atoms with Crippen molar-refractivity contribution in [3.8, 4) is 58.8 Å². The number of nitriles is 4. The average Bonchev–Trinajstić information content (AvgIpc) is 3.46. The first kappa shape index (κ1) is 61.9. The maximum absolute atomic E-state index is 10.3. The highest BCUT2D eigenvalue weighted by atomic mass is 32.2. The van der Waals surface area contributed by atoms with Crippen LogP contribution >= 0.6 is 47.0 Å². The topological polar surface area (TPSA) is 203 Å². The zero-order valence-electron chi connectivity index (χ0n) is 45.6. The first-order chi connectivity index (χ1) is 38.2. The van der Waals surface area contributed by atoms with Crippen LogP contribution in [0.5, 0.6) is 34.5 Å². The highest BCUT2D eigenvalue weighted by molar-refractivity contribution is 8.03. The second kappa shape index (κ2) is 34.1. The van der Waals surface area contributed by atoms with Gasteiger partial charge in [-0.1, -0.05) is 169 Å². The zero-order chi connectivity index (χ0) is 56.1. The molecule has 0 atom stereocenters. The van der Waals surface area contributed by atoms with Gasteiger partial charge in [-0.15, -0.1) is 0 Å². The lowest BCUT2D eigenvalue weighted by molar-refractivity contribution is 0.284. The average molecular weight is 1120 g/mol. The Morgan fingerprint density at radius 3 is 1.09 bits per heavy atom. The molecule has 0 aliphatic carbocycles. The number of para-hydroxylation sites is 3. The highest BCUT2D eigenvalue weighted by Gasteiger charge is 2.31. The molecule has 0 heterocycles. The minimum atomic E-state index is 0.181. The first-order valence-electron chi connectivity index (χ1n) is 26.4. The van der Waals surface area contributed by atoms with E-state index in [-0.39, 0.29) is 22.3 Å². The molecule has 0 radical (unpaired) electrons. The van der Waals surface area contributed by atoms with Gasteiger partial charge in [-0.05, 0) is 80.3 Å². The van der Waals surface area contributed by atoms with Gasteiger partial charge in [-0.25, -0.2) is 0 Å². The molecule has 16 heteroatoms. The van der Waals surface area contributed by atoms with Crippen molar-refractivity contribution in [2.24, 2.45) is 0 Å².